The number of fused-ring (bicyclic) bond motifs is 1. The quantitative estimate of drug-likeness (QED) is 0.650. The summed E-state index contributed by atoms with van der Waals surface area (Å²) >= 11 is 1.40. The van der Waals surface area contributed by atoms with E-state index < -0.39 is 0 Å². The van der Waals surface area contributed by atoms with Gasteiger partial charge < -0.3 is 20.2 Å². The van der Waals surface area contributed by atoms with Crippen LogP contribution in [-0.4, -0.2) is 16.8 Å². The minimum absolute atomic E-state index is 0.219. The van der Waals surface area contributed by atoms with E-state index >= 15 is 0 Å². The minimum Gasteiger partial charge on any atom is -0.454 e. The van der Waals surface area contributed by atoms with Gasteiger partial charge in [-0.25, -0.2) is 4.98 Å². The average Bonchev–Trinajstić information content (AvgIpc) is 2.82. The van der Waals surface area contributed by atoms with Crippen molar-refractivity contribution in [3.8, 4) is 11.5 Å². The second-order valence-electron chi connectivity index (χ2n) is 3.95. The highest BCUT2D eigenvalue weighted by Gasteiger charge is 2.13. The van der Waals surface area contributed by atoms with Crippen LogP contribution in [-0.2, 0) is 5.75 Å². The molecule has 19 heavy (non-hydrogen) atoms. The zero-order valence-electron chi connectivity index (χ0n) is 9.88. The fourth-order valence-corrected chi connectivity index (χ4v) is 2.53. The summed E-state index contributed by atoms with van der Waals surface area (Å²) in [5.41, 5.74) is 6.33. The Morgan fingerprint density at radius 3 is 3.00 bits per heavy atom. The number of anilines is 1. The Morgan fingerprint density at radius 1 is 1.32 bits per heavy atom. The zero-order valence-corrected chi connectivity index (χ0v) is 10.7. The number of H-pyrrole nitrogens is 1. The van der Waals surface area contributed by atoms with E-state index in [1.54, 1.807) is 0 Å². The minimum atomic E-state index is -0.249. The van der Waals surface area contributed by atoms with Gasteiger partial charge in [-0.05, 0) is 17.7 Å². The predicted molar refractivity (Wildman–Crippen MR) is 71.4 cm³/mol. The van der Waals surface area contributed by atoms with Gasteiger partial charge in [0, 0.05) is 11.8 Å². The summed E-state index contributed by atoms with van der Waals surface area (Å²) in [6, 6.07) is 6.99. The van der Waals surface area contributed by atoms with Crippen LogP contribution in [0.4, 0.5) is 5.82 Å². The van der Waals surface area contributed by atoms with Crippen LogP contribution in [0.2, 0.25) is 0 Å². The SMILES string of the molecule is Nc1cc(=O)[nH]c(SCc2ccc3c(c2)OCO3)n1. The maximum absolute atomic E-state index is 11.3. The first-order valence-corrected chi connectivity index (χ1v) is 6.57. The van der Waals surface area contributed by atoms with Crippen molar-refractivity contribution in [3.05, 3.63) is 40.2 Å². The van der Waals surface area contributed by atoms with Gasteiger partial charge in [0.05, 0.1) is 0 Å². The standard InChI is InChI=1S/C12H11N3O3S/c13-10-4-11(16)15-12(14-10)19-5-7-1-2-8-9(3-7)18-6-17-8/h1-4H,5-6H2,(H3,13,14,15,16). The van der Waals surface area contributed by atoms with Gasteiger partial charge in [-0.1, -0.05) is 17.8 Å². The lowest BCUT2D eigenvalue weighted by atomic mass is 10.2. The van der Waals surface area contributed by atoms with Crippen LogP contribution in [0.3, 0.4) is 0 Å². The summed E-state index contributed by atoms with van der Waals surface area (Å²) < 4.78 is 10.5. The summed E-state index contributed by atoms with van der Waals surface area (Å²) in [4.78, 5) is 17.9. The molecule has 1 aliphatic rings. The van der Waals surface area contributed by atoms with Crippen molar-refractivity contribution < 1.29 is 9.47 Å². The van der Waals surface area contributed by atoms with Crippen molar-refractivity contribution in [1.82, 2.24) is 9.97 Å². The first-order valence-electron chi connectivity index (χ1n) is 5.59. The number of ether oxygens (including phenoxy) is 2. The van der Waals surface area contributed by atoms with Crippen LogP contribution >= 0.6 is 11.8 Å². The number of nitrogens with zero attached hydrogens (tertiary/aromatic N) is 1. The molecular formula is C12H11N3O3S. The van der Waals surface area contributed by atoms with Crippen LogP contribution in [0.5, 0.6) is 11.5 Å². The third-order valence-electron chi connectivity index (χ3n) is 2.55. The molecule has 0 atom stereocenters. The molecule has 98 valence electrons. The Morgan fingerprint density at radius 2 is 2.16 bits per heavy atom. The molecule has 2 heterocycles. The lowest BCUT2D eigenvalue weighted by Crippen LogP contribution is -2.09. The topological polar surface area (TPSA) is 90.2 Å². The second-order valence-corrected chi connectivity index (χ2v) is 4.92. The lowest BCUT2D eigenvalue weighted by molar-refractivity contribution is 0.174. The van der Waals surface area contributed by atoms with E-state index in [-0.39, 0.29) is 18.2 Å². The number of aromatic nitrogens is 2. The first kappa shape index (κ1) is 11.9. The van der Waals surface area contributed by atoms with Gasteiger partial charge in [0.1, 0.15) is 5.82 Å². The van der Waals surface area contributed by atoms with Crippen molar-refractivity contribution in [2.24, 2.45) is 0 Å². The van der Waals surface area contributed by atoms with Crippen LogP contribution in [0.1, 0.15) is 5.56 Å². The number of hydrogen-bond acceptors (Lipinski definition) is 6. The van der Waals surface area contributed by atoms with Gasteiger partial charge >= 0.3 is 0 Å². The van der Waals surface area contributed by atoms with Gasteiger partial charge in [-0.15, -0.1) is 0 Å². The maximum atomic E-state index is 11.3. The molecule has 0 spiro atoms. The monoisotopic (exact) mass is 277 g/mol. The van der Waals surface area contributed by atoms with Gasteiger partial charge in [0.25, 0.3) is 5.56 Å². The molecule has 0 saturated carbocycles. The third-order valence-corrected chi connectivity index (χ3v) is 3.50. The molecule has 0 aliphatic carbocycles. The number of aromatic amines is 1. The van der Waals surface area contributed by atoms with E-state index in [0.29, 0.717) is 10.9 Å². The molecule has 7 heteroatoms. The largest absolute Gasteiger partial charge is 0.454 e. The number of thioether (sulfide) groups is 1. The van der Waals surface area contributed by atoms with Gasteiger partial charge in [-0.2, -0.15) is 0 Å². The van der Waals surface area contributed by atoms with Gasteiger partial charge in [0.15, 0.2) is 16.7 Å². The molecule has 3 N–H and O–H groups in total. The smallest absolute Gasteiger partial charge is 0.253 e. The predicted octanol–water partition coefficient (Wildman–Crippen LogP) is 1.37. The van der Waals surface area contributed by atoms with Crippen LogP contribution < -0.4 is 20.8 Å². The fraction of sp³-hybridized carbons (Fsp3) is 0.167. The van der Waals surface area contributed by atoms with E-state index in [9.17, 15) is 4.79 Å². The summed E-state index contributed by atoms with van der Waals surface area (Å²) in [7, 11) is 0. The van der Waals surface area contributed by atoms with E-state index in [4.69, 9.17) is 15.2 Å². The number of nitrogens with two attached hydrogens (primary N) is 1. The van der Waals surface area contributed by atoms with E-state index in [1.165, 1.54) is 17.8 Å². The molecular weight excluding hydrogens is 266 g/mol. The van der Waals surface area contributed by atoms with Crippen LogP contribution in [0.15, 0.2) is 34.2 Å². The van der Waals surface area contributed by atoms with Gasteiger partial charge in [-0.3, -0.25) is 4.79 Å². The number of nitrogen functional groups attached to an aromatic ring is 1. The Kier molecular flexibility index (Phi) is 3.04. The van der Waals surface area contributed by atoms with Crippen molar-refractivity contribution in [1.29, 1.82) is 0 Å². The fourth-order valence-electron chi connectivity index (χ4n) is 1.70. The highest BCUT2D eigenvalue weighted by molar-refractivity contribution is 7.98. The zero-order chi connectivity index (χ0) is 13.2. The Bertz CT molecular complexity index is 672. The van der Waals surface area contributed by atoms with E-state index in [1.807, 2.05) is 18.2 Å². The van der Waals surface area contributed by atoms with Crippen molar-refractivity contribution in [2.75, 3.05) is 12.5 Å². The molecule has 0 bridgehead atoms. The Labute approximate surface area is 113 Å². The molecule has 1 aliphatic heterocycles. The molecule has 0 amide bonds. The van der Waals surface area contributed by atoms with Crippen molar-refractivity contribution in [2.45, 2.75) is 10.9 Å². The number of rotatable bonds is 3. The molecule has 0 radical (unpaired) electrons. The van der Waals surface area contributed by atoms with Crippen LogP contribution in [0, 0.1) is 0 Å². The third kappa shape index (κ3) is 2.65. The highest BCUT2D eigenvalue weighted by Crippen LogP contribution is 2.33. The summed E-state index contributed by atoms with van der Waals surface area (Å²) in [5.74, 6) is 2.37. The summed E-state index contributed by atoms with van der Waals surface area (Å²) in [6.07, 6.45) is 0. The molecule has 0 saturated heterocycles. The van der Waals surface area contributed by atoms with Crippen molar-refractivity contribution in [3.63, 3.8) is 0 Å². The number of nitrogens with one attached hydrogen (secondary N) is 1. The molecule has 0 unspecified atom stereocenters. The van der Waals surface area contributed by atoms with Gasteiger partial charge in [0.2, 0.25) is 6.79 Å². The molecule has 3 rings (SSSR count). The normalized spacial score (nSPS) is 12.6. The summed E-state index contributed by atoms with van der Waals surface area (Å²) in [6.45, 7) is 0.260. The molecule has 6 nitrogen and oxygen atoms in total. The lowest BCUT2D eigenvalue weighted by Gasteiger charge is -2.03. The number of benzene rings is 1. The molecule has 1 aromatic carbocycles. The summed E-state index contributed by atoms with van der Waals surface area (Å²) in [5, 5.41) is 0.502. The second kappa shape index (κ2) is 4.85. The maximum Gasteiger partial charge on any atom is 0.253 e. The first-order chi connectivity index (χ1) is 9.20. The average molecular weight is 277 g/mol. The van der Waals surface area contributed by atoms with E-state index in [0.717, 1.165) is 17.1 Å². The van der Waals surface area contributed by atoms with E-state index in [2.05, 4.69) is 9.97 Å². The molecule has 1 aromatic heterocycles. The highest BCUT2D eigenvalue weighted by atomic mass is 32.2. The Hall–Kier alpha value is -2.15. The van der Waals surface area contributed by atoms with Crippen LogP contribution in [0.25, 0.3) is 0 Å². The number of hydrogen-bond donors (Lipinski definition) is 2. The van der Waals surface area contributed by atoms with Crippen molar-refractivity contribution >= 4 is 17.6 Å². The molecule has 0 fully saturated rings. The Balaban J connectivity index is 1.74. The molecule has 2 aromatic rings.